The lowest BCUT2D eigenvalue weighted by molar-refractivity contribution is 0.460. The molecule has 5 heteroatoms. The molecule has 1 saturated heterocycles. The molecule has 3 aromatic rings. The summed E-state index contributed by atoms with van der Waals surface area (Å²) in [5.41, 5.74) is 3.98. The maximum atomic E-state index is 12.7. The SMILES string of the molecule is CC1(C)c2ccc(C3CCNCC3)cc2-n2c1nc(=O)c1c(Cl)cccc12. The van der Waals surface area contributed by atoms with Crippen molar-refractivity contribution >= 4 is 22.5 Å². The Kier molecular flexibility index (Phi) is 3.72. The average molecular weight is 380 g/mol. The number of piperidine rings is 1. The summed E-state index contributed by atoms with van der Waals surface area (Å²) in [5, 5.41) is 4.40. The van der Waals surface area contributed by atoms with Gasteiger partial charge in [0.2, 0.25) is 0 Å². The largest absolute Gasteiger partial charge is 0.317 e. The Hall–Kier alpha value is -2.17. The summed E-state index contributed by atoms with van der Waals surface area (Å²) >= 11 is 6.35. The third-order valence-corrected chi connectivity index (χ3v) is 6.49. The molecule has 4 nitrogen and oxygen atoms in total. The molecule has 0 amide bonds. The van der Waals surface area contributed by atoms with Crippen LogP contribution in [-0.4, -0.2) is 22.6 Å². The van der Waals surface area contributed by atoms with E-state index in [1.165, 1.54) is 11.1 Å². The summed E-state index contributed by atoms with van der Waals surface area (Å²) in [7, 11) is 0. The van der Waals surface area contributed by atoms with Crippen LogP contribution in [0.15, 0.2) is 41.2 Å². The molecule has 1 aromatic heterocycles. The van der Waals surface area contributed by atoms with Crippen LogP contribution in [0.4, 0.5) is 0 Å². The first-order valence-electron chi connectivity index (χ1n) is 9.56. The van der Waals surface area contributed by atoms with E-state index in [4.69, 9.17) is 11.6 Å². The minimum Gasteiger partial charge on any atom is -0.317 e. The van der Waals surface area contributed by atoms with Gasteiger partial charge < -0.3 is 5.32 Å². The van der Waals surface area contributed by atoms with Gasteiger partial charge >= 0.3 is 0 Å². The third-order valence-electron chi connectivity index (χ3n) is 6.17. The van der Waals surface area contributed by atoms with Crippen molar-refractivity contribution in [2.24, 2.45) is 0 Å². The Bertz CT molecular complexity index is 1130. The van der Waals surface area contributed by atoms with Gasteiger partial charge in [0.05, 0.1) is 27.0 Å². The number of halogens is 1. The van der Waals surface area contributed by atoms with Crippen LogP contribution in [0.3, 0.4) is 0 Å². The molecule has 1 fully saturated rings. The highest BCUT2D eigenvalue weighted by Gasteiger charge is 2.39. The number of rotatable bonds is 1. The number of aromatic nitrogens is 2. The lowest BCUT2D eigenvalue weighted by atomic mass is 9.83. The van der Waals surface area contributed by atoms with E-state index in [9.17, 15) is 4.79 Å². The van der Waals surface area contributed by atoms with Crippen molar-refractivity contribution in [1.29, 1.82) is 0 Å². The van der Waals surface area contributed by atoms with Crippen LogP contribution in [0.2, 0.25) is 5.02 Å². The Morgan fingerprint density at radius 1 is 1.19 bits per heavy atom. The number of nitrogens with one attached hydrogen (secondary N) is 1. The second-order valence-corrected chi connectivity index (χ2v) is 8.54. The Labute approximate surface area is 163 Å². The number of hydrogen-bond acceptors (Lipinski definition) is 3. The maximum Gasteiger partial charge on any atom is 0.282 e. The first-order chi connectivity index (χ1) is 13.0. The highest BCUT2D eigenvalue weighted by atomic mass is 35.5. The van der Waals surface area contributed by atoms with E-state index in [0.717, 1.165) is 43.0 Å². The molecule has 2 aliphatic heterocycles. The molecule has 0 radical (unpaired) electrons. The molecule has 2 aliphatic rings. The van der Waals surface area contributed by atoms with Crippen molar-refractivity contribution in [1.82, 2.24) is 14.9 Å². The molecule has 0 aliphatic carbocycles. The summed E-state index contributed by atoms with van der Waals surface area (Å²) < 4.78 is 2.14. The normalized spacial score (nSPS) is 18.5. The quantitative estimate of drug-likeness (QED) is 0.691. The minimum absolute atomic E-state index is 0.249. The van der Waals surface area contributed by atoms with Gasteiger partial charge in [-0.15, -0.1) is 0 Å². The van der Waals surface area contributed by atoms with E-state index in [0.29, 0.717) is 16.3 Å². The fourth-order valence-electron chi connectivity index (χ4n) is 4.68. The van der Waals surface area contributed by atoms with E-state index < -0.39 is 0 Å². The van der Waals surface area contributed by atoms with Crippen LogP contribution < -0.4 is 10.9 Å². The number of hydrogen-bond donors (Lipinski definition) is 1. The minimum atomic E-state index is -0.322. The van der Waals surface area contributed by atoms with Crippen molar-refractivity contribution < 1.29 is 0 Å². The second kappa shape index (κ2) is 5.91. The van der Waals surface area contributed by atoms with Crippen LogP contribution in [0.25, 0.3) is 16.6 Å². The predicted octanol–water partition coefficient (Wildman–Crippen LogP) is 4.15. The number of nitrogens with zero attached hydrogens (tertiary/aromatic N) is 2. The summed E-state index contributed by atoms with van der Waals surface area (Å²) in [5.74, 6) is 1.37. The van der Waals surface area contributed by atoms with Crippen LogP contribution in [-0.2, 0) is 5.41 Å². The van der Waals surface area contributed by atoms with E-state index in [1.54, 1.807) is 6.07 Å². The van der Waals surface area contributed by atoms with Crippen LogP contribution in [0, 0.1) is 0 Å². The standard InChI is InChI=1S/C22H22ClN3O/c1-22(2)15-7-6-14(13-8-10-24-11-9-13)12-18(15)26-17-5-3-4-16(23)19(17)20(27)25-21(22)26/h3-7,12-13,24H,8-11H2,1-2H3. The Balaban J connectivity index is 1.81. The lowest BCUT2D eigenvalue weighted by Gasteiger charge is -2.24. The fourth-order valence-corrected chi connectivity index (χ4v) is 4.93. The second-order valence-electron chi connectivity index (χ2n) is 8.14. The highest BCUT2D eigenvalue weighted by molar-refractivity contribution is 6.35. The first kappa shape index (κ1) is 17.0. The van der Waals surface area contributed by atoms with E-state index in [-0.39, 0.29) is 11.0 Å². The van der Waals surface area contributed by atoms with Crippen molar-refractivity contribution in [3.05, 3.63) is 68.7 Å². The van der Waals surface area contributed by atoms with Crippen LogP contribution >= 0.6 is 11.6 Å². The van der Waals surface area contributed by atoms with Gasteiger partial charge in [0.1, 0.15) is 5.82 Å². The monoisotopic (exact) mass is 379 g/mol. The number of fused-ring (bicyclic) bond motifs is 5. The van der Waals surface area contributed by atoms with Crippen molar-refractivity contribution in [3.63, 3.8) is 0 Å². The van der Waals surface area contributed by atoms with Gasteiger partial charge in [-0.1, -0.05) is 29.8 Å². The van der Waals surface area contributed by atoms with Crippen LogP contribution in [0.1, 0.15) is 49.6 Å². The van der Waals surface area contributed by atoms with Gasteiger partial charge in [-0.05, 0) is 75.0 Å². The Morgan fingerprint density at radius 2 is 1.96 bits per heavy atom. The maximum absolute atomic E-state index is 12.7. The molecular weight excluding hydrogens is 358 g/mol. The molecule has 0 unspecified atom stereocenters. The first-order valence-corrected chi connectivity index (χ1v) is 9.93. The average Bonchev–Trinajstić information content (AvgIpc) is 2.89. The lowest BCUT2D eigenvalue weighted by Crippen LogP contribution is -2.26. The summed E-state index contributed by atoms with van der Waals surface area (Å²) in [6, 6.07) is 12.4. The van der Waals surface area contributed by atoms with Gasteiger partial charge in [0, 0.05) is 0 Å². The smallest absolute Gasteiger partial charge is 0.282 e. The molecule has 1 N–H and O–H groups in total. The summed E-state index contributed by atoms with van der Waals surface area (Å²) in [6.45, 7) is 6.41. The van der Waals surface area contributed by atoms with E-state index in [2.05, 4.69) is 46.9 Å². The molecule has 0 bridgehead atoms. The molecule has 0 saturated carbocycles. The van der Waals surface area contributed by atoms with Crippen molar-refractivity contribution in [2.75, 3.05) is 13.1 Å². The predicted molar refractivity (Wildman–Crippen MR) is 109 cm³/mol. The topological polar surface area (TPSA) is 46.9 Å². The molecule has 2 aromatic carbocycles. The molecule has 0 spiro atoms. The van der Waals surface area contributed by atoms with Gasteiger partial charge in [-0.3, -0.25) is 9.36 Å². The molecular formula is C22H22ClN3O. The number of benzene rings is 2. The zero-order valence-corrected chi connectivity index (χ0v) is 16.3. The zero-order chi connectivity index (χ0) is 18.8. The highest BCUT2D eigenvalue weighted by Crippen LogP contribution is 2.44. The molecule has 5 rings (SSSR count). The van der Waals surface area contributed by atoms with Crippen LogP contribution in [0.5, 0.6) is 0 Å². The van der Waals surface area contributed by atoms with Gasteiger partial charge in [-0.25, -0.2) is 0 Å². The van der Waals surface area contributed by atoms with E-state index >= 15 is 0 Å². The van der Waals surface area contributed by atoms with Gasteiger partial charge in [0.25, 0.3) is 5.56 Å². The zero-order valence-electron chi connectivity index (χ0n) is 15.6. The van der Waals surface area contributed by atoms with Gasteiger partial charge in [-0.2, -0.15) is 4.98 Å². The van der Waals surface area contributed by atoms with E-state index in [1.807, 2.05) is 12.1 Å². The van der Waals surface area contributed by atoms with Crippen molar-refractivity contribution in [3.8, 4) is 5.69 Å². The fraction of sp³-hybridized carbons (Fsp3) is 0.364. The molecule has 27 heavy (non-hydrogen) atoms. The summed E-state index contributed by atoms with van der Waals surface area (Å²) in [6.07, 6.45) is 2.31. The molecule has 0 atom stereocenters. The molecule has 138 valence electrons. The third kappa shape index (κ3) is 2.40. The molecule has 3 heterocycles. The van der Waals surface area contributed by atoms with Gasteiger partial charge in [0.15, 0.2) is 0 Å². The van der Waals surface area contributed by atoms with Crippen molar-refractivity contribution in [2.45, 2.75) is 38.0 Å². The summed E-state index contributed by atoms with van der Waals surface area (Å²) in [4.78, 5) is 17.2. The Morgan fingerprint density at radius 3 is 2.74 bits per heavy atom.